The maximum absolute atomic E-state index is 12.0. The molecule has 132 valence electrons. The number of benzene rings is 2. The summed E-state index contributed by atoms with van der Waals surface area (Å²) in [5.74, 6) is 0.718. The molecule has 2 aromatic rings. The van der Waals surface area contributed by atoms with Crippen LogP contribution in [-0.2, 0) is 4.79 Å². The van der Waals surface area contributed by atoms with E-state index in [0.29, 0.717) is 28.4 Å². The van der Waals surface area contributed by atoms with Crippen LogP contribution in [0.15, 0.2) is 47.6 Å². The quantitative estimate of drug-likeness (QED) is 0.591. The Hall–Kier alpha value is -3.06. The molecule has 1 atom stereocenters. The third-order valence-electron chi connectivity index (χ3n) is 3.48. The van der Waals surface area contributed by atoms with Crippen molar-refractivity contribution >= 4 is 12.1 Å². The molecule has 0 saturated heterocycles. The number of aliphatic hydroxyl groups excluding tert-OH is 1. The summed E-state index contributed by atoms with van der Waals surface area (Å²) < 4.78 is 15.8. The van der Waals surface area contributed by atoms with E-state index >= 15 is 0 Å². The molecule has 0 saturated carbocycles. The molecule has 7 heteroatoms. The van der Waals surface area contributed by atoms with Crippen LogP contribution in [0, 0.1) is 0 Å². The summed E-state index contributed by atoms with van der Waals surface area (Å²) in [6, 6.07) is 12.0. The fraction of sp³-hybridized carbons (Fsp3) is 0.222. The molecular formula is C18H20N2O5. The van der Waals surface area contributed by atoms with Crippen LogP contribution in [0.5, 0.6) is 17.2 Å². The maximum Gasteiger partial charge on any atom is 0.273 e. The first-order valence-corrected chi connectivity index (χ1v) is 7.47. The van der Waals surface area contributed by atoms with E-state index in [9.17, 15) is 9.90 Å². The molecule has 2 N–H and O–H groups in total. The highest BCUT2D eigenvalue weighted by molar-refractivity contribution is 5.88. The standard InChI is InChI=1S/C18H20N2O5/c1-23-14-10-9-13(16(24-2)17(14)25-3)11-19-20-18(22)15(21)12-7-5-4-6-8-12/h4-11,15,21H,1-3H3,(H,20,22)/b19-11+. The van der Waals surface area contributed by atoms with E-state index in [1.165, 1.54) is 27.5 Å². The maximum atomic E-state index is 12.0. The molecule has 1 unspecified atom stereocenters. The number of hydrazone groups is 1. The molecule has 2 rings (SSSR count). The first kappa shape index (κ1) is 18.3. The van der Waals surface area contributed by atoms with E-state index in [0.717, 1.165) is 0 Å². The minimum Gasteiger partial charge on any atom is -0.493 e. The lowest BCUT2D eigenvalue weighted by molar-refractivity contribution is -0.129. The van der Waals surface area contributed by atoms with Gasteiger partial charge in [0.15, 0.2) is 17.6 Å². The molecule has 0 bridgehead atoms. The third-order valence-corrected chi connectivity index (χ3v) is 3.48. The number of hydrogen-bond acceptors (Lipinski definition) is 6. The van der Waals surface area contributed by atoms with Crippen molar-refractivity contribution in [2.75, 3.05) is 21.3 Å². The molecular weight excluding hydrogens is 324 g/mol. The predicted molar refractivity (Wildman–Crippen MR) is 93.2 cm³/mol. The smallest absolute Gasteiger partial charge is 0.273 e. The molecule has 0 spiro atoms. The third kappa shape index (κ3) is 4.27. The number of carbonyl (C=O) groups is 1. The van der Waals surface area contributed by atoms with Gasteiger partial charge in [0.25, 0.3) is 5.91 Å². The lowest BCUT2D eigenvalue weighted by Crippen LogP contribution is -2.25. The van der Waals surface area contributed by atoms with E-state index in [1.807, 2.05) is 0 Å². The number of aliphatic hydroxyl groups is 1. The van der Waals surface area contributed by atoms with Crippen molar-refractivity contribution in [1.29, 1.82) is 0 Å². The van der Waals surface area contributed by atoms with E-state index in [1.54, 1.807) is 42.5 Å². The van der Waals surface area contributed by atoms with E-state index in [2.05, 4.69) is 10.5 Å². The molecule has 0 aliphatic rings. The van der Waals surface area contributed by atoms with Crippen LogP contribution in [0.25, 0.3) is 0 Å². The number of carbonyl (C=O) groups excluding carboxylic acids is 1. The molecule has 0 heterocycles. The fourth-order valence-electron chi connectivity index (χ4n) is 2.24. The van der Waals surface area contributed by atoms with Crippen LogP contribution in [0.4, 0.5) is 0 Å². The van der Waals surface area contributed by atoms with Crippen molar-refractivity contribution in [2.24, 2.45) is 5.10 Å². The number of nitrogens with one attached hydrogen (secondary N) is 1. The molecule has 2 aromatic carbocycles. The van der Waals surface area contributed by atoms with Gasteiger partial charge in [0.05, 0.1) is 27.5 Å². The Labute approximate surface area is 145 Å². The summed E-state index contributed by atoms with van der Waals surface area (Å²) in [6.07, 6.45) is 0.0989. The van der Waals surface area contributed by atoms with Crippen LogP contribution in [0.3, 0.4) is 0 Å². The minimum atomic E-state index is -1.30. The second kappa shape index (κ2) is 8.70. The SMILES string of the molecule is COc1ccc(/C=N/NC(=O)C(O)c2ccccc2)c(OC)c1OC. The van der Waals surface area contributed by atoms with Gasteiger partial charge in [-0.1, -0.05) is 30.3 Å². The number of amides is 1. The van der Waals surface area contributed by atoms with Gasteiger partial charge in [-0.15, -0.1) is 0 Å². The Kier molecular flexibility index (Phi) is 6.36. The van der Waals surface area contributed by atoms with Crippen molar-refractivity contribution in [3.63, 3.8) is 0 Å². The largest absolute Gasteiger partial charge is 0.493 e. The highest BCUT2D eigenvalue weighted by Crippen LogP contribution is 2.38. The average molecular weight is 344 g/mol. The molecule has 7 nitrogen and oxygen atoms in total. The summed E-state index contributed by atoms with van der Waals surface area (Å²) in [6.45, 7) is 0. The van der Waals surface area contributed by atoms with Gasteiger partial charge in [-0.25, -0.2) is 5.43 Å². The van der Waals surface area contributed by atoms with Crippen LogP contribution in [0.1, 0.15) is 17.2 Å². The monoisotopic (exact) mass is 344 g/mol. The molecule has 25 heavy (non-hydrogen) atoms. The number of hydrogen-bond donors (Lipinski definition) is 2. The molecule has 0 radical (unpaired) electrons. The molecule has 0 aliphatic carbocycles. The van der Waals surface area contributed by atoms with Gasteiger partial charge in [-0.3, -0.25) is 4.79 Å². The second-order valence-electron chi connectivity index (χ2n) is 4.97. The number of nitrogens with zero attached hydrogens (tertiary/aromatic N) is 1. The van der Waals surface area contributed by atoms with Crippen molar-refractivity contribution in [3.05, 3.63) is 53.6 Å². The van der Waals surface area contributed by atoms with Gasteiger partial charge in [-0.2, -0.15) is 5.10 Å². The minimum absolute atomic E-state index is 0.420. The molecule has 0 aromatic heterocycles. The average Bonchev–Trinajstić information content (AvgIpc) is 2.67. The van der Waals surface area contributed by atoms with E-state index in [-0.39, 0.29) is 0 Å². The molecule has 0 aliphatic heterocycles. The summed E-state index contributed by atoms with van der Waals surface area (Å²) in [4.78, 5) is 12.0. The Morgan fingerprint density at radius 1 is 1.04 bits per heavy atom. The van der Waals surface area contributed by atoms with Crippen molar-refractivity contribution in [3.8, 4) is 17.2 Å². The normalized spacial score (nSPS) is 11.8. The zero-order chi connectivity index (χ0) is 18.2. The van der Waals surface area contributed by atoms with Crippen molar-refractivity contribution in [2.45, 2.75) is 6.10 Å². The summed E-state index contributed by atoms with van der Waals surface area (Å²) in [7, 11) is 4.52. The number of methoxy groups -OCH3 is 3. The van der Waals surface area contributed by atoms with Crippen LogP contribution in [0.2, 0.25) is 0 Å². The van der Waals surface area contributed by atoms with Crippen molar-refractivity contribution < 1.29 is 24.1 Å². The van der Waals surface area contributed by atoms with Crippen LogP contribution >= 0.6 is 0 Å². The first-order chi connectivity index (χ1) is 12.1. The molecule has 0 fully saturated rings. The summed E-state index contributed by atoms with van der Waals surface area (Å²) in [5.41, 5.74) is 3.36. The van der Waals surface area contributed by atoms with Crippen LogP contribution in [-0.4, -0.2) is 38.6 Å². The van der Waals surface area contributed by atoms with Gasteiger partial charge in [0.2, 0.25) is 5.75 Å². The zero-order valence-corrected chi connectivity index (χ0v) is 14.2. The van der Waals surface area contributed by atoms with Crippen molar-refractivity contribution in [1.82, 2.24) is 5.43 Å². The highest BCUT2D eigenvalue weighted by Gasteiger charge is 2.17. The predicted octanol–water partition coefficient (Wildman–Crippen LogP) is 1.90. The summed E-state index contributed by atoms with van der Waals surface area (Å²) in [5, 5.41) is 13.9. The highest BCUT2D eigenvalue weighted by atomic mass is 16.5. The van der Waals surface area contributed by atoms with E-state index < -0.39 is 12.0 Å². The Balaban J connectivity index is 2.13. The number of rotatable bonds is 7. The van der Waals surface area contributed by atoms with Gasteiger partial charge < -0.3 is 19.3 Å². The summed E-state index contributed by atoms with van der Waals surface area (Å²) >= 11 is 0. The van der Waals surface area contributed by atoms with Gasteiger partial charge in [-0.05, 0) is 17.7 Å². The van der Waals surface area contributed by atoms with Gasteiger partial charge in [0, 0.05) is 5.56 Å². The number of ether oxygens (including phenoxy) is 3. The Bertz CT molecular complexity index is 747. The van der Waals surface area contributed by atoms with E-state index in [4.69, 9.17) is 14.2 Å². The fourth-order valence-corrected chi connectivity index (χ4v) is 2.24. The Morgan fingerprint density at radius 3 is 2.32 bits per heavy atom. The Morgan fingerprint density at radius 2 is 1.72 bits per heavy atom. The lowest BCUT2D eigenvalue weighted by Gasteiger charge is -2.13. The molecule has 1 amide bonds. The van der Waals surface area contributed by atoms with Gasteiger partial charge in [0.1, 0.15) is 0 Å². The van der Waals surface area contributed by atoms with Gasteiger partial charge >= 0.3 is 0 Å². The zero-order valence-electron chi connectivity index (χ0n) is 14.2. The second-order valence-corrected chi connectivity index (χ2v) is 4.97. The lowest BCUT2D eigenvalue weighted by atomic mass is 10.1. The topological polar surface area (TPSA) is 89.4 Å². The van der Waals surface area contributed by atoms with Crippen LogP contribution < -0.4 is 19.6 Å². The first-order valence-electron chi connectivity index (χ1n) is 7.47.